The van der Waals surface area contributed by atoms with Gasteiger partial charge in [0, 0.05) is 38.6 Å². The fraction of sp³-hybridized carbons (Fsp3) is 0.400. The summed E-state index contributed by atoms with van der Waals surface area (Å²) in [4.78, 5) is 2.56. The lowest BCUT2D eigenvalue weighted by atomic mass is 10.1. The summed E-state index contributed by atoms with van der Waals surface area (Å²) in [5, 5.41) is 3.54. The van der Waals surface area contributed by atoms with Crippen molar-refractivity contribution >= 4 is 0 Å². The van der Waals surface area contributed by atoms with Crippen LogP contribution in [0.1, 0.15) is 5.56 Å². The van der Waals surface area contributed by atoms with E-state index in [2.05, 4.69) is 40.5 Å². The first-order valence-corrected chi connectivity index (χ1v) is 8.55. The monoisotopic (exact) mass is 310 g/mol. The van der Waals surface area contributed by atoms with Crippen LogP contribution in [0.2, 0.25) is 0 Å². The average molecular weight is 310 g/mol. The van der Waals surface area contributed by atoms with Crippen molar-refractivity contribution in [1.29, 1.82) is 0 Å². The van der Waals surface area contributed by atoms with Crippen molar-refractivity contribution < 1.29 is 4.74 Å². The molecule has 1 atom stereocenters. The van der Waals surface area contributed by atoms with Crippen molar-refractivity contribution in [2.45, 2.75) is 6.42 Å². The molecule has 1 heterocycles. The summed E-state index contributed by atoms with van der Waals surface area (Å²) in [6.07, 6.45) is 1.12. The van der Waals surface area contributed by atoms with Crippen molar-refractivity contribution in [3.8, 4) is 5.75 Å². The lowest BCUT2D eigenvalue weighted by Crippen LogP contribution is -2.34. The average Bonchev–Trinajstić information content (AvgIpc) is 2.85. The predicted molar refractivity (Wildman–Crippen MR) is 94.9 cm³/mol. The topological polar surface area (TPSA) is 24.5 Å². The van der Waals surface area contributed by atoms with Crippen molar-refractivity contribution in [2.75, 3.05) is 39.3 Å². The predicted octanol–water partition coefficient (Wildman–Crippen LogP) is 2.83. The summed E-state index contributed by atoms with van der Waals surface area (Å²) in [6.45, 7) is 6.22. The molecule has 0 spiro atoms. The third kappa shape index (κ3) is 5.38. The smallest absolute Gasteiger partial charge is 0.119 e. The third-order valence-electron chi connectivity index (χ3n) is 4.34. The number of nitrogens with zero attached hydrogens (tertiary/aromatic N) is 1. The maximum atomic E-state index is 5.95. The van der Waals surface area contributed by atoms with Crippen LogP contribution in [0.3, 0.4) is 0 Å². The van der Waals surface area contributed by atoms with E-state index in [1.165, 1.54) is 5.56 Å². The van der Waals surface area contributed by atoms with E-state index in [1.807, 2.05) is 30.3 Å². The number of hydrogen-bond donors (Lipinski definition) is 1. The first kappa shape index (κ1) is 16.0. The second-order valence-corrected chi connectivity index (χ2v) is 6.23. The summed E-state index contributed by atoms with van der Waals surface area (Å²) in [6, 6.07) is 20.9. The third-order valence-corrected chi connectivity index (χ3v) is 4.34. The van der Waals surface area contributed by atoms with Gasteiger partial charge in [0.05, 0.1) is 6.61 Å². The molecule has 3 rings (SSSR count). The Balaban J connectivity index is 1.47. The Labute approximate surface area is 139 Å². The lowest BCUT2D eigenvalue weighted by Gasteiger charge is -2.24. The fourth-order valence-electron chi connectivity index (χ4n) is 3.04. The van der Waals surface area contributed by atoms with Gasteiger partial charge in [-0.2, -0.15) is 0 Å². The standard InChI is InChI=1S/C20H26N2O/c1-3-7-18(8-4-1)11-13-22-14-12-21-15-19(16-22)17-23-20-9-5-2-6-10-20/h1-10,19,21H,11-17H2. The van der Waals surface area contributed by atoms with Gasteiger partial charge in [-0.1, -0.05) is 48.5 Å². The first-order chi connectivity index (χ1) is 11.4. The van der Waals surface area contributed by atoms with Gasteiger partial charge in [0.2, 0.25) is 0 Å². The molecule has 122 valence electrons. The van der Waals surface area contributed by atoms with E-state index >= 15 is 0 Å². The maximum Gasteiger partial charge on any atom is 0.119 e. The van der Waals surface area contributed by atoms with Crippen molar-refractivity contribution in [3.63, 3.8) is 0 Å². The van der Waals surface area contributed by atoms with Crippen LogP contribution in [-0.2, 0) is 6.42 Å². The minimum Gasteiger partial charge on any atom is -0.493 e. The van der Waals surface area contributed by atoms with E-state index < -0.39 is 0 Å². The Hall–Kier alpha value is -1.84. The molecule has 23 heavy (non-hydrogen) atoms. The Kier molecular flexibility index (Phi) is 6.07. The number of ether oxygens (including phenoxy) is 1. The molecule has 1 N–H and O–H groups in total. The van der Waals surface area contributed by atoms with Crippen molar-refractivity contribution in [2.24, 2.45) is 5.92 Å². The van der Waals surface area contributed by atoms with Gasteiger partial charge < -0.3 is 15.0 Å². The molecule has 2 aromatic rings. The summed E-state index contributed by atoms with van der Waals surface area (Å²) in [5.74, 6) is 1.50. The van der Waals surface area contributed by atoms with E-state index in [0.717, 1.165) is 51.5 Å². The number of nitrogens with one attached hydrogen (secondary N) is 1. The molecular formula is C20H26N2O. The molecular weight excluding hydrogens is 284 g/mol. The molecule has 1 unspecified atom stereocenters. The quantitative estimate of drug-likeness (QED) is 0.888. The summed E-state index contributed by atoms with van der Waals surface area (Å²) in [5.41, 5.74) is 1.42. The van der Waals surface area contributed by atoms with Crippen LogP contribution in [0.4, 0.5) is 0 Å². The second kappa shape index (κ2) is 8.70. The Bertz CT molecular complexity index is 507. The van der Waals surface area contributed by atoms with Crippen molar-refractivity contribution in [1.82, 2.24) is 10.2 Å². The lowest BCUT2D eigenvalue weighted by molar-refractivity contribution is 0.195. The highest BCUT2D eigenvalue weighted by Gasteiger charge is 2.18. The van der Waals surface area contributed by atoms with Crippen LogP contribution in [0.5, 0.6) is 5.75 Å². The molecule has 1 saturated heterocycles. The maximum absolute atomic E-state index is 5.95. The highest BCUT2D eigenvalue weighted by atomic mass is 16.5. The molecule has 0 aromatic heterocycles. The normalized spacial score (nSPS) is 19.2. The molecule has 1 aliphatic rings. The van der Waals surface area contributed by atoms with Gasteiger partial charge >= 0.3 is 0 Å². The number of benzene rings is 2. The molecule has 0 radical (unpaired) electrons. The second-order valence-electron chi connectivity index (χ2n) is 6.23. The zero-order valence-corrected chi connectivity index (χ0v) is 13.7. The van der Waals surface area contributed by atoms with Crippen LogP contribution < -0.4 is 10.1 Å². The first-order valence-electron chi connectivity index (χ1n) is 8.55. The van der Waals surface area contributed by atoms with Gasteiger partial charge in [-0.15, -0.1) is 0 Å². The van der Waals surface area contributed by atoms with Crippen LogP contribution >= 0.6 is 0 Å². The van der Waals surface area contributed by atoms with E-state index in [1.54, 1.807) is 0 Å². The van der Waals surface area contributed by atoms with Crippen LogP contribution in [-0.4, -0.2) is 44.2 Å². The van der Waals surface area contributed by atoms with E-state index in [-0.39, 0.29) is 0 Å². The molecule has 0 amide bonds. The Morgan fingerprint density at radius 2 is 1.74 bits per heavy atom. The van der Waals surface area contributed by atoms with Crippen molar-refractivity contribution in [3.05, 3.63) is 66.2 Å². The zero-order valence-electron chi connectivity index (χ0n) is 13.7. The SMILES string of the molecule is c1ccc(CCN2CCNCC(COc3ccccc3)C2)cc1. The van der Waals surface area contributed by atoms with Crippen LogP contribution in [0.25, 0.3) is 0 Å². The highest BCUT2D eigenvalue weighted by molar-refractivity contribution is 5.21. The molecule has 2 aromatic carbocycles. The van der Waals surface area contributed by atoms with E-state index in [0.29, 0.717) is 5.92 Å². The molecule has 1 fully saturated rings. The van der Waals surface area contributed by atoms with E-state index in [4.69, 9.17) is 4.74 Å². The summed E-state index contributed by atoms with van der Waals surface area (Å²) < 4.78 is 5.95. The molecule has 0 aliphatic carbocycles. The van der Waals surface area contributed by atoms with Crippen LogP contribution in [0, 0.1) is 5.92 Å². The van der Waals surface area contributed by atoms with Gasteiger partial charge in [-0.25, -0.2) is 0 Å². The molecule has 1 aliphatic heterocycles. The minimum atomic E-state index is 0.536. The molecule has 3 heteroatoms. The van der Waals surface area contributed by atoms with Crippen LogP contribution in [0.15, 0.2) is 60.7 Å². The fourth-order valence-corrected chi connectivity index (χ4v) is 3.04. The molecule has 0 bridgehead atoms. The number of rotatable bonds is 6. The number of hydrogen-bond acceptors (Lipinski definition) is 3. The van der Waals surface area contributed by atoms with Gasteiger partial charge in [-0.05, 0) is 24.1 Å². The Morgan fingerprint density at radius 1 is 1.00 bits per heavy atom. The summed E-state index contributed by atoms with van der Waals surface area (Å²) >= 11 is 0. The van der Waals surface area contributed by atoms with Gasteiger partial charge in [0.15, 0.2) is 0 Å². The van der Waals surface area contributed by atoms with Gasteiger partial charge in [-0.3, -0.25) is 0 Å². The molecule has 3 nitrogen and oxygen atoms in total. The van der Waals surface area contributed by atoms with Gasteiger partial charge in [0.25, 0.3) is 0 Å². The highest BCUT2D eigenvalue weighted by Crippen LogP contribution is 2.12. The summed E-state index contributed by atoms with van der Waals surface area (Å²) in [7, 11) is 0. The largest absolute Gasteiger partial charge is 0.493 e. The molecule has 0 saturated carbocycles. The van der Waals surface area contributed by atoms with E-state index in [9.17, 15) is 0 Å². The Morgan fingerprint density at radius 3 is 2.52 bits per heavy atom. The minimum absolute atomic E-state index is 0.536. The number of para-hydroxylation sites is 1. The zero-order chi connectivity index (χ0) is 15.7. The van der Waals surface area contributed by atoms with Gasteiger partial charge in [0.1, 0.15) is 5.75 Å².